The van der Waals surface area contributed by atoms with E-state index in [1.54, 1.807) is 13.0 Å². The Morgan fingerprint density at radius 2 is 1.23 bits per heavy atom. The number of hydrogen-bond donors (Lipinski definition) is 6. The van der Waals surface area contributed by atoms with Gasteiger partial charge >= 0.3 is 0 Å². The standard InChI is InChI=1S/C28H22N6O11S3/c1-13-2-3-14(28(30)36)8-23(13)33-31-21-6-7-22(19-11-16(46(37,38)39)4-5-17(19)21)32-34-26-25(48(43,44)45)10-15-9-24(47(40,41)42)20(29)12-18(15)27(26)35/h2-12,35H,29H2,1H3,(H2,30,36)(H,37,38,39)(H,40,41,42)(H,43,44,45). The Kier molecular flexibility index (Phi) is 8.50. The fourth-order valence-electron chi connectivity index (χ4n) is 4.62. The van der Waals surface area contributed by atoms with E-state index in [2.05, 4.69) is 20.5 Å². The van der Waals surface area contributed by atoms with E-state index in [4.69, 9.17) is 11.5 Å². The van der Waals surface area contributed by atoms with Gasteiger partial charge < -0.3 is 16.6 Å². The lowest BCUT2D eigenvalue weighted by molar-refractivity contribution is 0.1000. The topological polar surface area (TPSA) is 302 Å². The van der Waals surface area contributed by atoms with Crippen molar-refractivity contribution in [2.24, 2.45) is 26.2 Å². The lowest BCUT2D eigenvalue weighted by Crippen LogP contribution is -2.10. The molecule has 0 aliphatic heterocycles. The molecule has 5 rings (SSSR count). The molecule has 0 aliphatic rings. The minimum absolute atomic E-state index is 0.00339. The molecule has 0 unspecified atom stereocenters. The molecule has 0 fully saturated rings. The van der Waals surface area contributed by atoms with E-state index in [1.807, 2.05) is 0 Å². The van der Waals surface area contributed by atoms with Gasteiger partial charge in [-0.3, -0.25) is 18.5 Å². The first-order valence-corrected chi connectivity index (χ1v) is 17.4. The summed E-state index contributed by atoms with van der Waals surface area (Å²) < 4.78 is 101. The summed E-state index contributed by atoms with van der Waals surface area (Å²) in [6.07, 6.45) is 0. The van der Waals surface area contributed by atoms with Crippen molar-refractivity contribution in [1.29, 1.82) is 0 Å². The molecule has 0 heterocycles. The summed E-state index contributed by atoms with van der Waals surface area (Å²) in [6.45, 7) is 1.71. The Morgan fingerprint density at radius 1 is 0.646 bits per heavy atom. The number of hydrogen-bond acceptors (Lipinski definition) is 13. The van der Waals surface area contributed by atoms with Crippen molar-refractivity contribution in [3.63, 3.8) is 0 Å². The van der Waals surface area contributed by atoms with Crippen molar-refractivity contribution in [3.05, 3.63) is 77.9 Å². The molecule has 5 aromatic carbocycles. The van der Waals surface area contributed by atoms with Gasteiger partial charge in [-0.15, -0.1) is 15.3 Å². The van der Waals surface area contributed by atoms with Crippen LogP contribution in [0.1, 0.15) is 15.9 Å². The average molecular weight is 715 g/mol. The maximum Gasteiger partial charge on any atom is 0.296 e. The van der Waals surface area contributed by atoms with Crippen LogP contribution in [-0.4, -0.2) is 49.9 Å². The van der Waals surface area contributed by atoms with Crippen LogP contribution in [0.15, 0.2) is 102 Å². The minimum atomic E-state index is -5.16. The third-order valence-corrected chi connectivity index (χ3v) is 9.62. The Hall–Kier alpha value is -5.38. The Bertz CT molecular complexity index is 2610. The smallest absolute Gasteiger partial charge is 0.296 e. The molecule has 0 saturated heterocycles. The molecule has 248 valence electrons. The summed E-state index contributed by atoms with van der Waals surface area (Å²) in [5.41, 5.74) is 10.9. The first-order chi connectivity index (χ1) is 22.3. The van der Waals surface area contributed by atoms with Crippen LogP contribution in [0.4, 0.5) is 28.4 Å². The number of rotatable bonds is 8. The molecule has 8 N–H and O–H groups in total. The van der Waals surface area contributed by atoms with Crippen molar-refractivity contribution >= 4 is 86.2 Å². The highest BCUT2D eigenvalue weighted by molar-refractivity contribution is 7.86. The number of phenolic OH excluding ortho intramolecular Hbond substituents is 1. The summed E-state index contributed by atoms with van der Waals surface area (Å²) in [5, 5.41) is 26.9. The van der Waals surface area contributed by atoms with Crippen molar-refractivity contribution in [1.82, 2.24) is 0 Å². The number of amides is 1. The maximum atomic E-state index is 12.3. The van der Waals surface area contributed by atoms with E-state index in [0.717, 1.165) is 30.3 Å². The minimum Gasteiger partial charge on any atom is -0.505 e. The largest absolute Gasteiger partial charge is 0.505 e. The zero-order valence-electron chi connectivity index (χ0n) is 24.2. The highest BCUT2D eigenvalue weighted by Crippen LogP contribution is 2.44. The Morgan fingerprint density at radius 3 is 1.83 bits per heavy atom. The lowest BCUT2D eigenvalue weighted by atomic mass is 10.1. The second kappa shape index (κ2) is 12.0. The SMILES string of the molecule is Cc1ccc(C(N)=O)cc1N=Nc1ccc(N=Nc2c(S(=O)(=O)O)cc3cc(S(=O)(=O)O)c(N)cc3c2O)c2cc(S(=O)(=O)O)ccc12. The van der Waals surface area contributed by atoms with Crippen LogP contribution in [-0.2, 0) is 30.4 Å². The molecule has 0 atom stereocenters. The van der Waals surface area contributed by atoms with E-state index >= 15 is 0 Å². The molecule has 48 heavy (non-hydrogen) atoms. The van der Waals surface area contributed by atoms with E-state index in [-0.39, 0.29) is 38.5 Å². The number of carbonyl (C=O) groups is 1. The molecule has 0 radical (unpaired) electrons. The molecule has 0 aromatic heterocycles. The Labute approximate surface area is 271 Å². The number of aryl methyl sites for hydroxylation is 1. The number of azo groups is 2. The fourth-order valence-corrected chi connectivity index (χ4v) is 6.42. The summed E-state index contributed by atoms with van der Waals surface area (Å²) in [7, 11) is -14.8. The molecular formula is C28H22N6O11S3. The fraction of sp³-hybridized carbons (Fsp3) is 0.0357. The van der Waals surface area contributed by atoms with Gasteiger partial charge in [-0.25, -0.2) is 0 Å². The van der Waals surface area contributed by atoms with Crippen LogP contribution in [0.3, 0.4) is 0 Å². The molecule has 0 saturated carbocycles. The monoisotopic (exact) mass is 714 g/mol. The molecule has 0 aliphatic carbocycles. The average Bonchev–Trinajstić information content (AvgIpc) is 2.98. The zero-order valence-corrected chi connectivity index (χ0v) is 26.6. The number of nitrogen functional groups attached to an aromatic ring is 1. The lowest BCUT2D eigenvalue weighted by Gasteiger charge is -2.11. The zero-order chi connectivity index (χ0) is 35.3. The van der Waals surface area contributed by atoms with Gasteiger partial charge in [0.1, 0.15) is 15.5 Å². The van der Waals surface area contributed by atoms with Crippen LogP contribution in [0, 0.1) is 6.92 Å². The first kappa shape index (κ1) is 34.0. The number of aromatic hydroxyl groups is 1. The van der Waals surface area contributed by atoms with Crippen LogP contribution >= 0.6 is 0 Å². The van der Waals surface area contributed by atoms with Gasteiger partial charge in [-0.1, -0.05) is 12.1 Å². The van der Waals surface area contributed by atoms with Crippen molar-refractivity contribution in [2.75, 3.05) is 5.73 Å². The summed E-state index contributed by atoms with van der Waals surface area (Å²) in [5.74, 6) is -1.59. The third kappa shape index (κ3) is 6.69. The number of anilines is 1. The van der Waals surface area contributed by atoms with Crippen molar-refractivity contribution in [2.45, 2.75) is 21.6 Å². The van der Waals surface area contributed by atoms with Gasteiger partial charge in [-0.2, -0.15) is 30.4 Å². The highest BCUT2D eigenvalue weighted by atomic mass is 32.2. The predicted octanol–water partition coefficient (Wildman–Crippen LogP) is 5.26. The van der Waals surface area contributed by atoms with E-state index in [0.29, 0.717) is 11.3 Å². The highest BCUT2D eigenvalue weighted by Gasteiger charge is 2.25. The maximum absolute atomic E-state index is 12.3. The summed E-state index contributed by atoms with van der Waals surface area (Å²) in [6, 6.07) is 13.1. The first-order valence-electron chi connectivity index (χ1n) is 13.1. The molecule has 5 aromatic rings. The van der Waals surface area contributed by atoms with E-state index in [1.165, 1.54) is 30.3 Å². The molecule has 17 nitrogen and oxygen atoms in total. The van der Waals surface area contributed by atoms with Gasteiger partial charge in [0.25, 0.3) is 30.4 Å². The second-order valence-electron chi connectivity index (χ2n) is 10.2. The second-order valence-corrected chi connectivity index (χ2v) is 14.4. The van der Waals surface area contributed by atoms with E-state index < -0.39 is 68.1 Å². The third-order valence-electron chi connectivity index (χ3n) is 6.99. The van der Waals surface area contributed by atoms with Gasteiger partial charge in [0.15, 0.2) is 5.75 Å². The number of nitrogens with two attached hydrogens (primary N) is 2. The van der Waals surface area contributed by atoms with E-state index in [9.17, 15) is 48.8 Å². The van der Waals surface area contributed by atoms with Crippen LogP contribution in [0.25, 0.3) is 21.5 Å². The van der Waals surface area contributed by atoms with Crippen LogP contribution in [0.5, 0.6) is 5.75 Å². The van der Waals surface area contributed by atoms with Crippen molar-refractivity contribution in [3.8, 4) is 5.75 Å². The molecule has 20 heteroatoms. The molecular weight excluding hydrogens is 693 g/mol. The van der Waals surface area contributed by atoms with Crippen molar-refractivity contribution < 1.29 is 48.8 Å². The van der Waals surface area contributed by atoms with Gasteiger partial charge in [-0.05, 0) is 72.5 Å². The predicted molar refractivity (Wildman–Crippen MR) is 171 cm³/mol. The summed E-state index contributed by atoms with van der Waals surface area (Å²) >= 11 is 0. The van der Waals surface area contributed by atoms with Gasteiger partial charge in [0.05, 0.1) is 27.6 Å². The van der Waals surface area contributed by atoms with Crippen LogP contribution in [0.2, 0.25) is 0 Å². The molecule has 0 spiro atoms. The number of nitrogens with zero attached hydrogens (tertiary/aromatic N) is 4. The number of phenols is 1. The van der Waals surface area contributed by atoms with Crippen LogP contribution < -0.4 is 11.5 Å². The Balaban J connectivity index is 1.71. The number of benzene rings is 5. The summed E-state index contributed by atoms with van der Waals surface area (Å²) in [4.78, 5) is 9.26. The quantitative estimate of drug-likeness (QED) is 0.0681. The van der Waals surface area contributed by atoms with Gasteiger partial charge in [0, 0.05) is 21.7 Å². The normalized spacial score (nSPS) is 12.8. The molecule has 1 amide bonds. The molecule has 0 bridgehead atoms. The van der Waals surface area contributed by atoms with Gasteiger partial charge in [0.2, 0.25) is 5.91 Å². The number of fused-ring (bicyclic) bond motifs is 2. The number of primary amides is 1. The number of carbonyl (C=O) groups excluding carboxylic acids is 1.